The minimum atomic E-state index is 0.446. The van der Waals surface area contributed by atoms with Gasteiger partial charge in [0.05, 0.1) is 17.0 Å². The Morgan fingerprint density at radius 3 is 2.65 bits per heavy atom. The summed E-state index contributed by atoms with van der Waals surface area (Å²) in [5, 5.41) is 0.459. The molecule has 0 saturated carbocycles. The van der Waals surface area contributed by atoms with E-state index in [-0.39, 0.29) is 0 Å². The lowest BCUT2D eigenvalue weighted by Gasteiger charge is -2.42. The minimum absolute atomic E-state index is 0.446. The molecule has 2 heteroatoms. The summed E-state index contributed by atoms with van der Waals surface area (Å²) >= 11 is 1.98. The van der Waals surface area contributed by atoms with Gasteiger partial charge in [0.2, 0.25) is 0 Å². The molecule has 0 spiro atoms. The van der Waals surface area contributed by atoms with Gasteiger partial charge < -0.3 is 4.90 Å². The number of unbranched alkanes of at least 4 members (excludes halogenated alkanes) is 5. The Balaban J connectivity index is 1.77. The standard InChI is InChI=1S/C24H31NS/c1-4-7-8-9-10-11-16-25-21-14-12-19(5-2)17-23(21)26-24-18-20(6-3)13-15-22(24)25/h5-6,12-15,17-18,21,23H,2-4,7-11,16H2,1H3. The minimum Gasteiger partial charge on any atom is -0.363 e. The van der Waals surface area contributed by atoms with E-state index in [4.69, 9.17) is 0 Å². The highest BCUT2D eigenvalue weighted by Gasteiger charge is 2.33. The van der Waals surface area contributed by atoms with Crippen LogP contribution in [0.25, 0.3) is 6.08 Å². The van der Waals surface area contributed by atoms with Crippen molar-refractivity contribution in [3.63, 3.8) is 0 Å². The molecule has 0 fully saturated rings. The average molecular weight is 366 g/mol. The number of fused-ring (bicyclic) bond motifs is 2. The summed E-state index contributed by atoms with van der Waals surface area (Å²) in [4.78, 5) is 4.00. The maximum atomic E-state index is 3.94. The van der Waals surface area contributed by atoms with Gasteiger partial charge >= 0.3 is 0 Å². The normalized spacial score (nSPS) is 21.0. The van der Waals surface area contributed by atoms with E-state index in [2.05, 4.69) is 61.4 Å². The van der Waals surface area contributed by atoms with Crippen molar-refractivity contribution in [3.8, 4) is 0 Å². The number of anilines is 1. The van der Waals surface area contributed by atoms with Crippen LogP contribution in [-0.4, -0.2) is 17.8 Å². The van der Waals surface area contributed by atoms with Crippen molar-refractivity contribution in [2.45, 2.75) is 61.6 Å². The summed E-state index contributed by atoms with van der Waals surface area (Å²) in [5.41, 5.74) is 3.82. The van der Waals surface area contributed by atoms with Gasteiger partial charge in [0, 0.05) is 11.4 Å². The number of thioether (sulfide) groups is 1. The lowest BCUT2D eigenvalue weighted by Crippen LogP contribution is -2.45. The Morgan fingerprint density at radius 2 is 1.88 bits per heavy atom. The zero-order valence-corrected chi connectivity index (χ0v) is 16.8. The van der Waals surface area contributed by atoms with Crippen LogP contribution < -0.4 is 4.90 Å². The zero-order valence-electron chi connectivity index (χ0n) is 16.0. The lowest BCUT2D eigenvalue weighted by atomic mass is 9.99. The van der Waals surface area contributed by atoms with Crippen molar-refractivity contribution in [3.05, 3.63) is 66.8 Å². The van der Waals surface area contributed by atoms with E-state index in [1.165, 1.54) is 60.2 Å². The summed E-state index contributed by atoms with van der Waals surface area (Å²) in [6.07, 6.45) is 18.9. The number of nitrogens with zero attached hydrogens (tertiary/aromatic N) is 1. The highest BCUT2D eigenvalue weighted by atomic mass is 32.2. The van der Waals surface area contributed by atoms with E-state index in [9.17, 15) is 0 Å². The topological polar surface area (TPSA) is 3.24 Å². The molecule has 1 aromatic rings. The predicted octanol–water partition coefficient (Wildman–Crippen LogP) is 7.02. The Hall–Kier alpha value is -1.67. The van der Waals surface area contributed by atoms with Crippen LogP contribution in [0.2, 0.25) is 0 Å². The molecule has 0 N–H and O–H groups in total. The molecule has 1 heterocycles. The smallest absolute Gasteiger partial charge is 0.0634 e. The highest BCUT2D eigenvalue weighted by molar-refractivity contribution is 8.00. The van der Waals surface area contributed by atoms with Crippen LogP contribution in [0.4, 0.5) is 5.69 Å². The first-order chi connectivity index (χ1) is 12.8. The van der Waals surface area contributed by atoms with Crippen molar-refractivity contribution in [2.24, 2.45) is 0 Å². The summed E-state index contributed by atoms with van der Waals surface area (Å²) in [5.74, 6) is 0. The molecule has 1 aromatic carbocycles. The van der Waals surface area contributed by atoms with Gasteiger partial charge in [0.15, 0.2) is 0 Å². The molecule has 26 heavy (non-hydrogen) atoms. The van der Waals surface area contributed by atoms with Gasteiger partial charge in [0.1, 0.15) is 0 Å². The van der Waals surface area contributed by atoms with Crippen LogP contribution in [0, 0.1) is 0 Å². The Morgan fingerprint density at radius 1 is 1.08 bits per heavy atom. The largest absolute Gasteiger partial charge is 0.363 e. The average Bonchev–Trinajstić information content (AvgIpc) is 2.68. The van der Waals surface area contributed by atoms with Crippen LogP contribution in [0.1, 0.15) is 51.0 Å². The molecule has 2 unspecified atom stereocenters. The molecular weight excluding hydrogens is 334 g/mol. The predicted molar refractivity (Wildman–Crippen MR) is 118 cm³/mol. The van der Waals surface area contributed by atoms with Gasteiger partial charge in [-0.25, -0.2) is 0 Å². The van der Waals surface area contributed by atoms with Gasteiger partial charge in [-0.2, -0.15) is 0 Å². The molecule has 1 nitrogen and oxygen atoms in total. The quantitative estimate of drug-likeness (QED) is 0.432. The van der Waals surface area contributed by atoms with Crippen molar-refractivity contribution in [1.82, 2.24) is 0 Å². The van der Waals surface area contributed by atoms with Crippen molar-refractivity contribution in [1.29, 1.82) is 0 Å². The fourth-order valence-corrected chi connectivity index (χ4v) is 5.22. The van der Waals surface area contributed by atoms with Crippen LogP contribution in [0.5, 0.6) is 0 Å². The van der Waals surface area contributed by atoms with E-state index in [1.54, 1.807) is 0 Å². The molecule has 3 rings (SSSR count). The zero-order chi connectivity index (χ0) is 18.4. The number of hydrogen-bond donors (Lipinski definition) is 0. The summed E-state index contributed by atoms with van der Waals surface area (Å²) in [6, 6.07) is 7.21. The van der Waals surface area contributed by atoms with Crippen molar-refractivity contribution in [2.75, 3.05) is 11.4 Å². The van der Waals surface area contributed by atoms with Gasteiger partial charge in [-0.3, -0.25) is 0 Å². The SMILES string of the molecule is C=CC1=CC2Sc3cc(C=C)ccc3N(CCCCCCCC)C2C=C1. The molecule has 138 valence electrons. The fourth-order valence-electron chi connectivity index (χ4n) is 3.81. The van der Waals surface area contributed by atoms with Crippen molar-refractivity contribution >= 4 is 23.5 Å². The third-order valence-corrected chi connectivity index (χ3v) is 6.59. The second kappa shape index (κ2) is 9.32. The molecule has 2 aliphatic rings. The molecule has 0 radical (unpaired) electrons. The van der Waals surface area contributed by atoms with Crippen LogP contribution >= 0.6 is 11.8 Å². The number of benzene rings is 1. The Bertz CT molecular complexity index is 700. The molecule has 0 aromatic heterocycles. The Labute approximate surface area is 163 Å². The van der Waals surface area contributed by atoms with Crippen LogP contribution in [0.15, 0.2) is 66.1 Å². The molecule has 2 atom stereocenters. The molecular formula is C24H31NS. The van der Waals surface area contributed by atoms with Crippen LogP contribution in [-0.2, 0) is 0 Å². The van der Waals surface area contributed by atoms with Crippen LogP contribution in [0.3, 0.4) is 0 Å². The maximum absolute atomic E-state index is 3.94. The molecule has 0 amide bonds. The van der Waals surface area contributed by atoms with E-state index in [1.807, 2.05) is 23.9 Å². The van der Waals surface area contributed by atoms with E-state index >= 15 is 0 Å². The third kappa shape index (κ3) is 4.35. The highest BCUT2D eigenvalue weighted by Crippen LogP contribution is 2.45. The first-order valence-corrected chi connectivity index (χ1v) is 10.9. The van der Waals surface area contributed by atoms with Crippen molar-refractivity contribution < 1.29 is 0 Å². The summed E-state index contributed by atoms with van der Waals surface area (Å²) in [6.45, 7) is 11.3. The monoisotopic (exact) mass is 365 g/mol. The molecule has 0 saturated heterocycles. The van der Waals surface area contributed by atoms with Gasteiger partial charge in [-0.15, -0.1) is 11.8 Å². The second-order valence-corrected chi connectivity index (χ2v) is 8.42. The second-order valence-electron chi connectivity index (χ2n) is 7.20. The number of rotatable bonds is 9. The molecule has 1 aliphatic carbocycles. The maximum Gasteiger partial charge on any atom is 0.0634 e. The lowest BCUT2D eigenvalue weighted by molar-refractivity contribution is 0.580. The van der Waals surface area contributed by atoms with Gasteiger partial charge in [0.25, 0.3) is 0 Å². The summed E-state index contributed by atoms with van der Waals surface area (Å²) < 4.78 is 0. The first kappa shape index (κ1) is 19.1. The fraction of sp³-hybridized carbons (Fsp3) is 0.417. The van der Waals surface area contributed by atoms with Gasteiger partial charge in [-0.05, 0) is 29.7 Å². The van der Waals surface area contributed by atoms with E-state index in [0.717, 1.165) is 6.54 Å². The summed E-state index contributed by atoms with van der Waals surface area (Å²) in [7, 11) is 0. The van der Waals surface area contributed by atoms with E-state index in [0.29, 0.717) is 11.3 Å². The first-order valence-electron chi connectivity index (χ1n) is 9.99. The molecule has 0 bridgehead atoms. The molecule has 1 aliphatic heterocycles. The number of hydrogen-bond acceptors (Lipinski definition) is 2. The van der Waals surface area contributed by atoms with Gasteiger partial charge in [-0.1, -0.05) is 88.6 Å². The third-order valence-electron chi connectivity index (χ3n) is 5.32. The number of allylic oxidation sites excluding steroid dienone is 3. The Kier molecular flexibility index (Phi) is 6.85. The van der Waals surface area contributed by atoms with E-state index < -0.39 is 0 Å².